The molecule has 1 fully saturated rings. The van der Waals surface area contributed by atoms with Gasteiger partial charge in [0.2, 0.25) is 0 Å². The Balaban J connectivity index is 1.55. The lowest BCUT2D eigenvalue weighted by atomic mass is 10.1. The molecule has 2 heterocycles. The Bertz CT molecular complexity index is 1620. The van der Waals surface area contributed by atoms with E-state index >= 15 is 0 Å². The molecule has 3 N–H and O–H groups in total. The molecule has 0 saturated carbocycles. The second-order valence-corrected chi connectivity index (χ2v) is 13.9. The topological polar surface area (TPSA) is 104 Å². The number of nitrogens with one attached hydrogen (secondary N) is 1. The van der Waals surface area contributed by atoms with Crippen LogP contribution in [0.2, 0.25) is 5.02 Å². The number of aromatic nitrogens is 1. The fourth-order valence-corrected chi connectivity index (χ4v) is 6.63. The molecule has 40 heavy (non-hydrogen) atoms. The molecule has 8 nitrogen and oxygen atoms in total. The number of fused-ring (bicyclic) bond motifs is 1. The smallest absolute Gasteiger partial charge is 0.362 e. The van der Waals surface area contributed by atoms with Gasteiger partial charge in [-0.3, -0.25) is 4.57 Å². The molecule has 1 aliphatic heterocycles. The molecular weight excluding hydrogens is 583 g/mol. The van der Waals surface area contributed by atoms with Gasteiger partial charge in [0.15, 0.2) is 12.2 Å². The van der Waals surface area contributed by atoms with Crippen LogP contribution in [0.15, 0.2) is 66.3 Å². The maximum absolute atomic E-state index is 14.6. The van der Waals surface area contributed by atoms with Crippen molar-refractivity contribution in [1.29, 1.82) is 0 Å². The van der Waals surface area contributed by atoms with E-state index in [1.807, 2.05) is 17.7 Å². The molecule has 13 heteroatoms. The van der Waals surface area contributed by atoms with Crippen LogP contribution in [0.25, 0.3) is 16.5 Å². The molecule has 0 spiro atoms. The van der Waals surface area contributed by atoms with E-state index in [1.54, 1.807) is 23.1 Å². The van der Waals surface area contributed by atoms with Crippen molar-refractivity contribution in [2.24, 2.45) is 0 Å². The lowest BCUT2D eigenvalue weighted by molar-refractivity contribution is 0.291. The first kappa shape index (κ1) is 30.3. The summed E-state index contributed by atoms with van der Waals surface area (Å²) in [5.41, 5.74) is 2.98. The Hall–Kier alpha value is -2.66. The Morgan fingerprint density at radius 3 is 2.70 bits per heavy atom. The predicted molar refractivity (Wildman–Crippen MR) is 156 cm³/mol. The van der Waals surface area contributed by atoms with Crippen LogP contribution >= 0.6 is 19.2 Å². The van der Waals surface area contributed by atoms with E-state index in [0.717, 1.165) is 16.5 Å². The fourth-order valence-electron chi connectivity index (χ4n) is 4.77. The Labute approximate surface area is 237 Å². The Morgan fingerprint density at radius 1 is 1.30 bits per heavy atom. The summed E-state index contributed by atoms with van der Waals surface area (Å²) in [5.74, 6) is 3.12. The van der Waals surface area contributed by atoms with Crippen LogP contribution in [0, 0.1) is 5.82 Å². The van der Waals surface area contributed by atoms with Gasteiger partial charge in [0.1, 0.15) is 11.9 Å². The zero-order valence-electron chi connectivity index (χ0n) is 21.9. The quantitative estimate of drug-likeness (QED) is 0.203. The van der Waals surface area contributed by atoms with Gasteiger partial charge in [0.05, 0.1) is 31.7 Å². The first-order chi connectivity index (χ1) is 18.7. The zero-order chi connectivity index (χ0) is 29.4. The Morgan fingerprint density at radius 2 is 2.02 bits per heavy atom. The molecule has 2 unspecified atom stereocenters. The molecule has 1 aliphatic rings. The first-order valence-corrected chi connectivity index (χ1v) is 16.2. The third-order valence-electron chi connectivity index (χ3n) is 6.66. The molecule has 2 aromatic carbocycles. The van der Waals surface area contributed by atoms with Crippen molar-refractivity contribution in [3.63, 3.8) is 0 Å². The van der Waals surface area contributed by atoms with Crippen molar-refractivity contribution in [1.82, 2.24) is 14.2 Å². The number of likely N-dealkylation sites (tertiary alicyclic amines) is 1. The molecule has 3 aromatic rings. The van der Waals surface area contributed by atoms with Crippen molar-refractivity contribution in [2.45, 2.75) is 37.0 Å². The van der Waals surface area contributed by atoms with Gasteiger partial charge in [-0.2, -0.15) is 0 Å². The summed E-state index contributed by atoms with van der Waals surface area (Å²) in [6, 6.07) is 8.84. The number of halogens is 3. The van der Waals surface area contributed by atoms with Crippen molar-refractivity contribution < 1.29 is 32.1 Å². The van der Waals surface area contributed by atoms with Gasteiger partial charge in [0, 0.05) is 54.5 Å². The average Bonchev–Trinajstić information content (AvgIpc) is 3.42. The highest BCUT2D eigenvalue weighted by Crippen LogP contribution is 2.36. The van der Waals surface area contributed by atoms with Crippen molar-refractivity contribution in [3.8, 4) is 5.75 Å². The van der Waals surface area contributed by atoms with Gasteiger partial charge in [-0.15, -0.1) is 0 Å². The minimum atomic E-state index is -4.37. The van der Waals surface area contributed by atoms with Crippen LogP contribution in [0.5, 0.6) is 5.75 Å². The molecule has 0 bridgehead atoms. The average molecular weight is 614 g/mol. The number of ether oxygens (including phenoxy) is 1. The fraction of sp³-hybridized carbons (Fsp3) is 0.296. The standard InChI is InChI=1S/C27H31ClF2N3O5PS/c1-17(2)23-15-32(25-11-21(8-9-22(23)25)38-16-39(34,35)36)13-18(3)33-14-19(29)10-20(33)12-31-40(4,37)26-7-5-6-24(28)27(26)30/h5-9,11,15,19-20H,1,3-4,10,12-14,16H2,2H3,(H,31,37)(H2,34,35,36)/t19-,20?,40?/m1/s1. The Kier molecular flexibility index (Phi) is 8.85. The van der Waals surface area contributed by atoms with Gasteiger partial charge >= 0.3 is 7.60 Å². The molecule has 0 aliphatic carbocycles. The SMILES string of the molecule is C=C(C)c1cn(CC(=C)N2C[C@H](F)CC2CNS(=C)(=O)c2cccc(Cl)c2F)c2cc(OCP(=O)(O)O)ccc12. The number of hydrogen-bond acceptors (Lipinski definition) is 4. The van der Waals surface area contributed by atoms with E-state index in [9.17, 15) is 17.6 Å². The van der Waals surface area contributed by atoms with Gasteiger partial charge in [0.25, 0.3) is 0 Å². The van der Waals surface area contributed by atoms with Crippen LogP contribution < -0.4 is 9.46 Å². The zero-order valence-corrected chi connectivity index (χ0v) is 24.3. The van der Waals surface area contributed by atoms with Crippen molar-refractivity contribution in [3.05, 3.63) is 77.9 Å². The van der Waals surface area contributed by atoms with Gasteiger partial charge in [-0.25, -0.2) is 17.7 Å². The summed E-state index contributed by atoms with van der Waals surface area (Å²) in [6.45, 7) is 10.5. The van der Waals surface area contributed by atoms with Crippen molar-refractivity contribution in [2.75, 3.05) is 19.4 Å². The second kappa shape index (κ2) is 11.7. The van der Waals surface area contributed by atoms with E-state index < -0.39 is 41.7 Å². The highest BCUT2D eigenvalue weighted by molar-refractivity contribution is 7.98. The summed E-state index contributed by atoms with van der Waals surface area (Å²) >= 11 is 5.84. The lowest BCUT2D eigenvalue weighted by Crippen LogP contribution is -2.40. The van der Waals surface area contributed by atoms with E-state index in [1.165, 1.54) is 18.2 Å². The van der Waals surface area contributed by atoms with Crippen LogP contribution in [0.1, 0.15) is 18.9 Å². The summed E-state index contributed by atoms with van der Waals surface area (Å²) in [6.07, 6.45) is 0.135. The summed E-state index contributed by atoms with van der Waals surface area (Å²) in [7, 11) is -7.62. The third kappa shape index (κ3) is 6.79. The van der Waals surface area contributed by atoms with Crippen LogP contribution in [0.3, 0.4) is 0 Å². The molecule has 216 valence electrons. The summed E-state index contributed by atoms with van der Waals surface area (Å²) in [4.78, 5) is 20.0. The van der Waals surface area contributed by atoms with Crippen LogP contribution in [-0.2, 0) is 20.8 Å². The molecule has 1 saturated heterocycles. The van der Waals surface area contributed by atoms with E-state index in [0.29, 0.717) is 11.2 Å². The summed E-state index contributed by atoms with van der Waals surface area (Å²) < 4.78 is 63.5. The molecule has 4 rings (SSSR count). The molecule has 0 amide bonds. The van der Waals surface area contributed by atoms with Crippen LogP contribution in [-0.4, -0.2) is 61.0 Å². The minimum Gasteiger partial charge on any atom is -0.481 e. The monoisotopic (exact) mass is 613 g/mol. The molecular formula is C27H31ClF2N3O5PS. The normalized spacial score (nSPS) is 19.1. The number of benzene rings is 2. The van der Waals surface area contributed by atoms with E-state index in [2.05, 4.69) is 23.8 Å². The van der Waals surface area contributed by atoms with Gasteiger partial charge in [-0.1, -0.05) is 30.8 Å². The lowest BCUT2D eigenvalue weighted by Gasteiger charge is -2.29. The molecule has 3 atom stereocenters. The van der Waals surface area contributed by atoms with Crippen LogP contribution in [0.4, 0.5) is 8.78 Å². The number of allylic oxidation sites excluding steroid dienone is 2. The third-order valence-corrected chi connectivity index (χ3v) is 9.07. The number of hydrogen-bond donors (Lipinski definition) is 3. The predicted octanol–water partition coefficient (Wildman–Crippen LogP) is 5.19. The molecule has 0 radical (unpaired) electrons. The minimum absolute atomic E-state index is 0.0670. The largest absolute Gasteiger partial charge is 0.481 e. The van der Waals surface area contributed by atoms with Gasteiger partial charge < -0.3 is 24.0 Å². The van der Waals surface area contributed by atoms with E-state index in [-0.39, 0.29) is 41.7 Å². The summed E-state index contributed by atoms with van der Waals surface area (Å²) in [5, 5.41) is 0.686. The highest BCUT2D eigenvalue weighted by Gasteiger charge is 2.33. The second-order valence-electron chi connectivity index (χ2n) is 9.85. The number of nitrogens with zero attached hydrogens (tertiary/aromatic N) is 2. The number of alkyl halides is 1. The maximum Gasteiger partial charge on any atom is 0.362 e. The van der Waals surface area contributed by atoms with E-state index in [4.69, 9.17) is 26.1 Å². The maximum atomic E-state index is 14.6. The highest BCUT2D eigenvalue weighted by atomic mass is 35.5. The first-order valence-electron chi connectivity index (χ1n) is 12.3. The van der Waals surface area contributed by atoms with Crippen molar-refractivity contribution >= 4 is 51.3 Å². The van der Waals surface area contributed by atoms with Gasteiger partial charge in [-0.05, 0) is 42.6 Å². The molecule has 1 aromatic heterocycles. The number of rotatable bonds is 11.